The van der Waals surface area contributed by atoms with E-state index in [1.807, 2.05) is 31.2 Å². The van der Waals surface area contributed by atoms with Crippen LogP contribution in [0.2, 0.25) is 5.02 Å². The van der Waals surface area contributed by atoms with Crippen molar-refractivity contribution in [2.75, 3.05) is 5.88 Å². The van der Waals surface area contributed by atoms with Crippen molar-refractivity contribution in [3.63, 3.8) is 0 Å². The van der Waals surface area contributed by atoms with Gasteiger partial charge in [-0.1, -0.05) is 30.7 Å². The third kappa shape index (κ3) is 2.53. The summed E-state index contributed by atoms with van der Waals surface area (Å²) in [5.74, 6) is 0.403. The third-order valence-corrected chi connectivity index (χ3v) is 5.89. The Bertz CT molecular complexity index is 631. The van der Waals surface area contributed by atoms with Crippen molar-refractivity contribution in [2.24, 2.45) is 5.41 Å². The molecule has 3 atom stereocenters. The van der Waals surface area contributed by atoms with E-state index in [0.29, 0.717) is 17.4 Å². The van der Waals surface area contributed by atoms with Gasteiger partial charge in [-0.05, 0) is 30.5 Å². The van der Waals surface area contributed by atoms with Gasteiger partial charge < -0.3 is 5.11 Å². The minimum Gasteiger partial charge on any atom is -0.387 e. The molecule has 22 heavy (non-hydrogen) atoms. The van der Waals surface area contributed by atoms with E-state index in [-0.39, 0.29) is 11.3 Å². The Morgan fingerprint density at radius 1 is 1.36 bits per heavy atom. The second kappa shape index (κ2) is 5.84. The molecule has 0 bridgehead atoms. The molecule has 0 saturated heterocycles. The van der Waals surface area contributed by atoms with Gasteiger partial charge in [0.05, 0.1) is 12.1 Å². The van der Waals surface area contributed by atoms with Gasteiger partial charge in [0.1, 0.15) is 12.7 Å². The van der Waals surface area contributed by atoms with Gasteiger partial charge in [0.2, 0.25) is 0 Å². The zero-order valence-corrected chi connectivity index (χ0v) is 13.9. The normalized spacial score (nSPS) is 31.5. The Hall–Kier alpha value is -1.10. The topological polar surface area (TPSA) is 50.9 Å². The van der Waals surface area contributed by atoms with E-state index in [0.717, 1.165) is 18.4 Å². The lowest BCUT2D eigenvalue weighted by Gasteiger charge is -2.42. The number of aliphatic hydroxyl groups is 1. The average Bonchev–Trinajstić information content (AvgIpc) is 3.09. The zero-order valence-electron chi connectivity index (χ0n) is 12.4. The van der Waals surface area contributed by atoms with Crippen LogP contribution in [0, 0.1) is 5.41 Å². The van der Waals surface area contributed by atoms with Crippen molar-refractivity contribution in [3.8, 4) is 0 Å². The molecule has 4 nitrogen and oxygen atoms in total. The van der Waals surface area contributed by atoms with Crippen molar-refractivity contribution in [1.82, 2.24) is 14.8 Å². The largest absolute Gasteiger partial charge is 0.387 e. The molecule has 1 saturated carbocycles. The second-order valence-electron chi connectivity index (χ2n) is 6.35. The summed E-state index contributed by atoms with van der Waals surface area (Å²) in [6, 6.07) is 7.70. The molecular weight excluding hydrogens is 321 g/mol. The first kappa shape index (κ1) is 15.8. The maximum absolute atomic E-state index is 11.6. The summed E-state index contributed by atoms with van der Waals surface area (Å²) < 4.78 is 1.68. The van der Waals surface area contributed by atoms with Gasteiger partial charge in [-0.2, -0.15) is 5.10 Å². The van der Waals surface area contributed by atoms with Crippen LogP contribution in [-0.2, 0) is 6.54 Å². The van der Waals surface area contributed by atoms with E-state index < -0.39 is 5.60 Å². The lowest BCUT2D eigenvalue weighted by Crippen LogP contribution is -2.50. The molecule has 1 aliphatic rings. The molecule has 3 rings (SSSR count). The standard InChI is InChI=1S/C16H19Cl2N3O/c1-15(8-17)7-6-14(12-2-4-13(18)5-3-12)16(15,22)9-21-11-19-10-20-21/h2-5,10-11,14,22H,6-9H2,1H3/t14-,15+,16+/m1/s1. The van der Waals surface area contributed by atoms with Crippen molar-refractivity contribution in [3.05, 3.63) is 47.5 Å². The van der Waals surface area contributed by atoms with Gasteiger partial charge in [0, 0.05) is 22.2 Å². The van der Waals surface area contributed by atoms with Gasteiger partial charge in [0.25, 0.3) is 0 Å². The van der Waals surface area contributed by atoms with Gasteiger partial charge in [-0.3, -0.25) is 4.68 Å². The molecule has 0 unspecified atom stereocenters. The van der Waals surface area contributed by atoms with E-state index >= 15 is 0 Å². The summed E-state index contributed by atoms with van der Waals surface area (Å²) in [6.07, 6.45) is 4.86. The van der Waals surface area contributed by atoms with Crippen LogP contribution < -0.4 is 0 Å². The van der Waals surface area contributed by atoms with Crippen LogP contribution in [0.15, 0.2) is 36.9 Å². The third-order valence-electron chi connectivity index (χ3n) is 5.04. The van der Waals surface area contributed by atoms with Gasteiger partial charge in [0.15, 0.2) is 0 Å². The fraction of sp³-hybridized carbons (Fsp3) is 0.500. The van der Waals surface area contributed by atoms with Gasteiger partial charge >= 0.3 is 0 Å². The van der Waals surface area contributed by atoms with Crippen LogP contribution >= 0.6 is 23.2 Å². The molecule has 118 valence electrons. The molecule has 1 heterocycles. The first-order valence-electron chi connectivity index (χ1n) is 7.35. The number of alkyl halides is 1. The van der Waals surface area contributed by atoms with Gasteiger partial charge in [-0.15, -0.1) is 11.6 Å². The quantitative estimate of drug-likeness (QED) is 0.867. The maximum atomic E-state index is 11.6. The smallest absolute Gasteiger partial charge is 0.137 e. The summed E-state index contributed by atoms with van der Waals surface area (Å²) in [5, 5.41) is 16.4. The minimum atomic E-state index is -0.976. The number of benzene rings is 1. The molecule has 0 radical (unpaired) electrons. The molecule has 1 aliphatic carbocycles. The number of rotatable bonds is 4. The van der Waals surface area contributed by atoms with Crippen LogP contribution in [0.25, 0.3) is 0 Å². The van der Waals surface area contributed by atoms with Crippen LogP contribution in [0.3, 0.4) is 0 Å². The van der Waals surface area contributed by atoms with Crippen molar-refractivity contribution < 1.29 is 5.11 Å². The first-order valence-corrected chi connectivity index (χ1v) is 8.26. The molecule has 6 heteroatoms. The average molecular weight is 340 g/mol. The van der Waals surface area contributed by atoms with Crippen LogP contribution in [-0.4, -0.2) is 31.4 Å². The summed E-state index contributed by atoms with van der Waals surface area (Å²) in [5.41, 5.74) is -0.262. The number of nitrogens with zero attached hydrogens (tertiary/aromatic N) is 3. The van der Waals surface area contributed by atoms with Crippen LogP contribution in [0.5, 0.6) is 0 Å². The number of aromatic nitrogens is 3. The number of hydrogen-bond acceptors (Lipinski definition) is 3. The fourth-order valence-electron chi connectivity index (χ4n) is 3.52. The Balaban J connectivity index is 1.99. The summed E-state index contributed by atoms with van der Waals surface area (Å²) in [4.78, 5) is 3.97. The van der Waals surface area contributed by atoms with E-state index in [2.05, 4.69) is 10.1 Å². The summed E-state index contributed by atoms with van der Waals surface area (Å²) in [6.45, 7) is 2.43. The molecule has 0 spiro atoms. The highest BCUT2D eigenvalue weighted by atomic mass is 35.5. The molecule has 0 amide bonds. The molecule has 1 fully saturated rings. The molecule has 1 aromatic heterocycles. The van der Waals surface area contributed by atoms with E-state index in [4.69, 9.17) is 23.2 Å². The summed E-state index contributed by atoms with van der Waals surface area (Å²) in [7, 11) is 0. The lowest BCUT2D eigenvalue weighted by atomic mass is 9.72. The van der Waals surface area contributed by atoms with Crippen molar-refractivity contribution >= 4 is 23.2 Å². The molecule has 2 aromatic rings. The summed E-state index contributed by atoms with van der Waals surface area (Å²) >= 11 is 12.2. The Morgan fingerprint density at radius 2 is 2.09 bits per heavy atom. The molecule has 0 aliphatic heterocycles. The first-order chi connectivity index (χ1) is 10.5. The Kier molecular flexibility index (Phi) is 4.19. The molecule has 1 N–H and O–H groups in total. The second-order valence-corrected chi connectivity index (χ2v) is 7.06. The minimum absolute atomic E-state index is 0.00211. The van der Waals surface area contributed by atoms with Crippen LogP contribution in [0.4, 0.5) is 0 Å². The highest BCUT2D eigenvalue weighted by Crippen LogP contribution is 2.55. The van der Waals surface area contributed by atoms with E-state index in [1.165, 1.54) is 6.33 Å². The fourth-order valence-corrected chi connectivity index (χ4v) is 4.01. The Morgan fingerprint density at radius 3 is 2.68 bits per heavy atom. The van der Waals surface area contributed by atoms with Crippen LogP contribution in [0.1, 0.15) is 31.2 Å². The maximum Gasteiger partial charge on any atom is 0.137 e. The van der Waals surface area contributed by atoms with Gasteiger partial charge in [-0.25, -0.2) is 4.98 Å². The highest BCUT2D eigenvalue weighted by Gasteiger charge is 2.57. The highest BCUT2D eigenvalue weighted by molar-refractivity contribution is 6.30. The van der Waals surface area contributed by atoms with E-state index in [1.54, 1.807) is 11.0 Å². The monoisotopic (exact) mass is 339 g/mol. The predicted molar refractivity (Wildman–Crippen MR) is 87.2 cm³/mol. The zero-order chi connectivity index (χ0) is 15.8. The Labute approximate surface area is 140 Å². The van der Waals surface area contributed by atoms with E-state index in [9.17, 15) is 5.11 Å². The lowest BCUT2D eigenvalue weighted by molar-refractivity contribution is -0.0695. The SMILES string of the molecule is C[C@@]1(CCl)CC[C@H](c2ccc(Cl)cc2)[C@@]1(O)Cn1cncn1. The predicted octanol–water partition coefficient (Wildman–Crippen LogP) is 3.49. The number of hydrogen-bond donors (Lipinski definition) is 1. The molecular formula is C16H19Cl2N3O. The van der Waals surface area contributed by atoms with Crippen molar-refractivity contribution in [1.29, 1.82) is 0 Å². The molecule has 1 aromatic carbocycles. The number of halogens is 2. The van der Waals surface area contributed by atoms with Crippen molar-refractivity contribution in [2.45, 2.75) is 37.8 Å².